The lowest BCUT2D eigenvalue weighted by molar-refractivity contribution is -0.129. The van der Waals surface area contributed by atoms with Crippen LogP contribution in [0.1, 0.15) is 20.8 Å². The molecule has 1 heterocycles. The van der Waals surface area contributed by atoms with Gasteiger partial charge in [0.2, 0.25) is 5.91 Å². The van der Waals surface area contributed by atoms with Gasteiger partial charge in [0.15, 0.2) is 5.41 Å². The summed E-state index contributed by atoms with van der Waals surface area (Å²) in [5, 5.41) is 37.2. The van der Waals surface area contributed by atoms with E-state index < -0.39 is 17.3 Å². The van der Waals surface area contributed by atoms with Gasteiger partial charge in [0.05, 0.1) is 23.9 Å². The first-order valence-electron chi connectivity index (χ1n) is 7.60. The van der Waals surface area contributed by atoms with Crippen LogP contribution in [0.5, 0.6) is 0 Å². The largest absolute Gasteiger partial charge is 0.339 e. The highest BCUT2D eigenvalue weighted by molar-refractivity contribution is 6.00. The zero-order chi connectivity index (χ0) is 17.4. The lowest BCUT2D eigenvalue weighted by Gasteiger charge is -2.49. The molecule has 6 heteroatoms. The standard InChI is InChI=1S/C17H19N5O/c1-10(2)15-14-7-22(11(3)23)5-4-12(14)13(6-18)16(21)17(15,8-19)9-20/h4,10,13-15,21H,5,7H2,1-3H3/t13-,14-,15+/m1/s1. The first-order chi connectivity index (χ1) is 10.8. The molecule has 118 valence electrons. The molecule has 1 aliphatic heterocycles. The Morgan fingerprint density at radius 1 is 1.39 bits per heavy atom. The van der Waals surface area contributed by atoms with Gasteiger partial charge in [0, 0.05) is 31.8 Å². The van der Waals surface area contributed by atoms with Gasteiger partial charge >= 0.3 is 0 Å². The molecule has 1 N–H and O–H groups in total. The van der Waals surface area contributed by atoms with E-state index in [-0.39, 0.29) is 23.5 Å². The molecule has 0 unspecified atom stereocenters. The van der Waals surface area contributed by atoms with Crippen molar-refractivity contribution in [3.05, 3.63) is 11.6 Å². The Morgan fingerprint density at radius 2 is 2.00 bits per heavy atom. The predicted octanol–water partition coefficient (Wildman–Crippen LogP) is 1.87. The Hall–Kier alpha value is -2.65. The zero-order valence-electron chi connectivity index (χ0n) is 13.5. The minimum Gasteiger partial charge on any atom is -0.339 e. The fourth-order valence-electron chi connectivity index (χ4n) is 3.97. The Labute approximate surface area is 136 Å². The first kappa shape index (κ1) is 16.7. The monoisotopic (exact) mass is 309 g/mol. The van der Waals surface area contributed by atoms with Crippen LogP contribution >= 0.6 is 0 Å². The maximum absolute atomic E-state index is 11.7. The predicted molar refractivity (Wildman–Crippen MR) is 82.6 cm³/mol. The molecule has 0 bridgehead atoms. The molecule has 6 nitrogen and oxygen atoms in total. The van der Waals surface area contributed by atoms with Crippen molar-refractivity contribution in [1.29, 1.82) is 21.2 Å². The van der Waals surface area contributed by atoms with Gasteiger partial charge in [-0.25, -0.2) is 0 Å². The Balaban J connectivity index is 2.65. The van der Waals surface area contributed by atoms with Crippen molar-refractivity contribution in [2.75, 3.05) is 13.1 Å². The van der Waals surface area contributed by atoms with Crippen LogP contribution in [-0.2, 0) is 4.79 Å². The third kappa shape index (κ3) is 2.30. The van der Waals surface area contributed by atoms with Crippen molar-refractivity contribution in [2.45, 2.75) is 20.8 Å². The van der Waals surface area contributed by atoms with E-state index >= 15 is 0 Å². The summed E-state index contributed by atoms with van der Waals surface area (Å²) in [7, 11) is 0. The maximum atomic E-state index is 11.7. The van der Waals surface area contributed by atoms with Gasteiger partial charge in [-0.2, -0.15) is 15.8 Å². The number of nitrogens with one attached hydrogen (secondary N) is 1. The fourth-order valence-corrected chi connectivity index (χ4v) is 3.97. The summed E-state index contributed by atoms with van der Waals surface area (Å²) in [6.07, 6.45) is 1.83. The van der Waals surface area contributed by atoms with Crippen molar-refractivity contribution in [1.82, 2.24) is 4.90 Å². The van der Waals surface area contributed by atoms with Crippen LogP contribution in [0.2, 0.25) is 0 Å². The molecule has 2 aliphatic rings. The zero-order valence-corrected chi connectivity index (χ0v) is 13.5. The molecule has 1 saturated carbocycles. The van der Waals surface area contributed by atoms with Gasteiger partial charge in [-0.3, -0.25) is 4.79 Å². The summed E-state index contributed by atoms with van der Waals surface area (Å²) in [4.78, 5) is 13.4. The van der Waals surface area contributed by atoms with Gasteiger partial charge in [0.25, 0.3) is 0 Å². The highest BCUT2D eigenvalue weighted by atomic mass is 16.2. The number of carbonyl (C=O) groups is 1. The van der Waals surface area contributed by atoms with Crippen LogP contribution in [0.15, 0.2) is 11.6 Å². The fraction of sp³-hybridized carbons (Fsp3) is 0.588. The number of fused-ring (bicyclic) bond motifs is 1. The van der Waals surface area contributed by atoms with Crippen molar-refractivity contribution < 1.29 is 4.79 Å². The third-order valence-corrected chi connectivity index (χ3v) is 5.02. The summed E-state index contributed by atoms with van der Waals surface area (Å²) in [5.74, 6) is -1.62. The quantitative estimate of drug-likeness (QED) is 0.744. The molecule has 1 fully saturated rings. The van der Waals surface area contributed by atoms with Crippen molar-refractivity contribution in [2.24, 2.45) is 29.1 Å². The van der Waals surface area contributed by atoms with E-state index in [4.69, 9.17) is 5.41 Å². The molecule has 0 aromatic rings. The second kappa shape index (κ2) is 5.86. The van der Waals surface area contributed by atoms with Crippen LogP contribution in [0, 0.1) is 68.5 Å². The highest BCUT2D eigenvalue weighted by Gasteiger charge is 2.58. The second-order valence-electron chi connectivity index (χ2n) is 6.51. The van der Waals surface area contributed by atoms with E-state index in [0.29, 0.717) is 13.1 Å². The number of nitrogens with zero attached hydrogens (tertiary/aromatic N) is 4. The summed E-state index contributed by atoms with van der Waals surface area (Å²) < 4.78 is 0. The Bertz CT molecular complexity index is 686. The van der Waals surface area contributed by atoms with E-state index in [9.17, 15) is 20.6 Å². The number of hydrogen-bond acceptors (Lipinski definition) is 5. The molecular weight excluding hydrogens is 290 g/mol. The molecule has 1 amide bonds. The van der Waals surface area contributed by atoms with E-state index in [0.717, 1.165) is 5.57 Å². The minimum atomic E-state index is -1.61. The normalized spacial score (nSPS) is 28.9. The molecule has 0 radical (unpaired) electrons. The molecule has 0 aromatic carbocycles. The van der Waals surface area contributed by atoms with Gasteiger partial charge in [0.1, 0.15) is 5.92 Å². The lowest BCUT2D eigenvalue weighted by Crippen LogP contribution is -2.56. The molecule has 0 saturated heterocycles. The van der Waals surface area contributed by atoms with Crippen LogP contribution in [-0.4, -0.2) is 29.6 Å². The van der Waals surface area contributed by atoms with Gasteiger partial charge in [-0.15, -0.1) is 0 Å². The van der Waals surface area contributed by atoms with E-state index in [2.05, 4.69) is 6.07 Å². The maximum Gasteiger partial charge on any atom is 0.219 e. The first-order valence-corrected chi connectivity index (χ1v) is 7.60. The molecular formula is C17H19N5O. The highest BCUT2D eigenvalue weighted by Crippen LogP contribution is 2.51. The molecule has 2 rings (SSSR count). The molecule has 1 aliphatic carbocycles. The summed E-state index contributed by atoms with van der Waals surface area (Å²) >= 11 is 0. The van der Waals surface area contributed by atoms with Crippen LogP contribution < -0.4 is 0 Å². The van der Waals surface area contributed by atoms with Crippen molar-refractivity contribution >= 4 is 11.6 Å². The van der Waals surface area contributed by atoms with Crippen LogP contribution in [0.3, 0.4) is 0 Å². The summed E-state index contributed by atoms with van der Waals surface area (Å²) in [6.45, 7) is 6.11. The van der Waals surface area contributed by atoms with Crippen molar-refractivity contribution in [3.63, 3.8) is 0 Å². The Morgan fingerprint density at radius 3 is 2.43 bits per heavy atom. The van der Waals surface area contributed by atoms with E-state index in [1.807, 2.05) is 32.1 Å². The SMILES string of the molecule is CC(=O)N1CC=C2[C@@H](C#N)C(=N)C(C#N)(C#N)[C@@H](C(C)C)[C@@H]2C1. The summed E-state index contributed by atoms with van der Waals surface area (Å²) in [5.41, 5.74) is -0.951. The lowest BCUT2D eigenvalue weighted by atomic mass is 9.53. The smallest absolute Gasteiger partial charge is 0.219 e. The second-order valence-corrected chi connectivity index (χ2v) is 6.51. The van der Waals surface area contributed by atoms with E-state index in [1.165, 1.54) is 6.92 Å². The minimum absolute atomic E-state index is 0.0328. The third-order valence-electron chi connectivity index (χ3n) is 5.02. The molecule has 0 spiro atoms. The average molecular weight is 309 g/mol. The molecule has 3 atom stereocenters. The average Bonchev–Trinajstić information content (AvgIpc) is 2.53. The van der Waals surface area contributed by atoms with Gasteiger partial charge in [-0.05, 0) is 11.5 Å². The van der Waals surface area contributed by atoms with Gasteiger partial charge in [-0.1, -0.05) is 19.9 Å². The van der Waals surface area contributed by atoms with Crippen LogP contribution in [0.25, 0.3) is 0 Å². The number of carbonyl (C=O) groups excluding carboxylic acids is 1. The van der Waals surface area contributed by atoms with E-state index in [1.54, 1.807) is 4.90 Å². The topological polar surface area (TPSA) is 116 Å². The van der Waals surface area contributed by atoms with Gasteiger partial charge < -0.3 is 10.3 Å². The number of rotatable bonds is 1. The number of nitriles is 3. The van der Waals surface area contributed by atoms with Crippen molar-refractivity contribution in [3.8, 4) is 18.2 Å². The van der Waals surface area contributed by atoms with Crippen LogP contribution in [0.4, 0.5) is 0 Å². The molecule has 23 heavy (non-hydrogen) atoms. The Kier molecular flexibility index (Phi) is 4.26. The number of amides is 1. The number of hydrogen-bond donors (Lipinski definition) is 1. The summed E-state index contributed by atoms with van der Waals surface area (Å²) in [6, 6.07) is 6.13. The molecule has 0 aromatic heterocycles.